The molecule has 0 unspecified atom stereocenters. The Bertz CT molecular complexity index is 1300. The molecule has 4 heterocycles. The summed E-state index contributed by atoms with van der Waals surface area (Å²) in [4.78, 5) is 30.2. The number of amides is 2. The predicted molar refractivity (Wildman–Crippen MR) is 133 cm³/mol. The lowest BCUT2D eigenvalue weighted by molar-refractivity contribution is -0.133. The number of furan rings is 1. The highest BCUT2D eigenvalue weighted by Crippen LogP contribution is 2.33. The van der Waals surface area contributed by atoms with Gasteiger partial charge in [0.05, 0.1) is 18.5 Å². The molecule has 3 aromatic heterocycles. The first-order chi connectivity index (χ1) is 16.5. The lowest BCUT2D eigenvalue weighted by Gasteiger charge is -2.44. The summed E-state index contributed by atoms with van der Waals surface area (Å²) in [5, 5.41) is 5.70. The van der Waals surface area contributed by atoms with E-state index in [4.69, 9.17) is 16.0 Å². The number of halogens is 1. The molecule has 34 heavy (non-hydrogen) atoms. The number of fused-ring (bicyclic) bond motifs is 1. The molecule has 8 heteroatoms. The minimum Gasteiger partial charge on any atom is -0.463 e. The Labute approximate surface area is 206 Å². The number of hydrogen-bond donors (Lipinski definition) is 1. The summed E-state index contributed by atoms with van der Waals surface area (Å²) in [7, 11) is 0. The van der Waals surface area contributed by atoms with Crippen LogP contribution in [0.1, 0.15) is 27.9 Å². The number of rotatable bonds is 7. The number of nitrogens with one attached hydrogen (secondary N) is 1. The molecule has 1 atom stereocenters. The van der Waals surface area contributed by atoms with E-state index in [0.29, 0.717) is 42.5 Å². The van der Waals surface area contributed by atoms with Crippen molar-refractivity contribution in [1.82, 2.24) is 14.8 Å². The molecular weight excluding hydrogens is 470 g/mol. The first-order valence-electron chi connectivity index (χ1n) is 11.1. The molecule has 0 saturated heterocycles. The Kier molecular flexibility index (Phi) is 6.06. The van der Waals surface area contributed by atoms with E-state index in [1.54, 1.807) is 34.6 Å². The molecule has 1 aliphatic heterocycles. The average molecular weight is 494 g/mol. The molecule has 1 aromatic carbocycles. The van der Waals surface area contributed by atoms with Gasteiger partial charge in [-0.2, -0.15) is 0 Å². The molecule has 1 aliphatic rings. The summed E-state index contributed by atoms with van der Waals surface area (Å²) >= 11 is 7.63. The van der Waals surface area contributed by atoms with Crippen molar-refractivity contribution in [2.24, 2.45) is 0 Å². The normalized spacial score (nSPS) is 17.6. The van der Waals surface area contributed by atoms with Crippen LogP contribution in [0.15, 0.2) is 76.7 Å². The zero-order valence-corrected chi connectivity index (χ0v) is 20.2. The highest BCUT2D eigenvalue weighted by molar-refractivity contribution is 7.09. The highest BCUT2D eigenvalue weighted by Gasteiger charge is 2.47. The van der Waals surface area contributed by atoms with Gasteiger partial charge in [-0.3, -0.25) is 9.59 Å². The summed E-state index contributed by atoms with van der Waals surface area (Å²) in [5.41, 5.74) is 1.20. The molecular formula is C26H24ClN3O3S. The van der Waals surface area contributed by atoms with Crippen molar-refractivity contribution in [3.63, 3.8) is 0 Å². The predicted octanol–water partition coefficient (Wildman–Crippen LogP) is 5.24. The van der Waals surface area contributed by atoms with Crippen molar-refractivity contribution in [3.05, 3.63) is 93.5 Å². The molecule has 0 radical (unpaired) electrons. The van der Waals surface area contributed by atoms with Gasteiger partial charge in [0.25, 0.3) is 5.91 Å². The van der Waals surface area contributed by atoms with Crippen LogP contribution in [0.25, 0.3) is 11.5 Å². The molecule has 2 amide bonds. The van der Waals surface area contributed by atoms with E-state index in [1.165, 1.54) is 4.88 Å². The molecule has 6 nitrogen and oxygen atoms in total. The van der Waals surface area contributed by atoms with E-state index < -0.39 is 5.54 Å². The van der Waals surface area contributed by atoms with Gasteiger partial charge in [-0.15, -0.1) is 11.3 Å². The van der Waals surface area contributed by atoms with Crippen molar-refractivity contribution < 1.29 is 14.0 Å². The van der Waals surface area contributed by atoms with Gasteiger partial charge in [0.2, 0.25) is 5.91 Å². The molecule has 0 saturated carbocycles. The molecule has 0 fully saturated rings. The van der Waals surface area contributed by atoms with E-state index in [0.717, 1.165) is 11.3 Å². The topological polar surface area (TPSA) is 67.5 Å². The summed E-state index contributed by atoms with van der Waals surface area (Å²) in [6.45, 7) is 2.97. The number of carbonyl (C=O) groups is 2. The second-order valence-electron chi connectivity index (χ2n) is 8.54. The van der Waals surface area contributed by atoms with E-state index in [1.807, 2.05) is 59.3 Å². The van der Waals surface area contributed by atoms with Gasteiger partial charge in [0.1, 0.15) is 17.0 Å². The van der Waals surface area contributed by atoms with E-state index in [-0.39, 0.29) is 11.8 Å². The Balaban J connectivity index is 1.46. The summed E-state index contributed by atoms with van der Waals surface area (Å²) < 4.78 is 7.48. The summed E-state index contributed by atoms with van der Waals surface area (Å²) in [6, 6.07) is 18.7. The van der Waals surface area contributed by atoms with Crippen LogP contribution in [0.3, 0.4) is 0 Å². The van der Waals surface area contributed by atoms with Gasteiger partial charge in [-0.05, 0) is 66.8 Å². The number of thiophene rings is 1. The van der Waals surface area contributed by atoms with Crippen LogP contribution in [-0.2, 0) is 24.3 Å². The van der Waals surface area contributed by atoms with Gasteiger partial charge in [0, 0.05) is 23.0 Å². The average Bonchev–Trinajstić information content (AvgIpc) is 3.60. The highest BCUT2D eigenvalue weighted by atomic mass is 35.5. The number of nitrogens with zero attached hydrogens (tertiary/aromatic N) is 2. The SMILES string of the molecule is C[C@]1(C(=O)NCc2ccc(Cl)cc2)Cn2c(ccc2-c2ccco2)C(=O)N1CCc1cccs1. The van der Waals surface area contributed by atoms with Gasteiger partial charge >= 0.3 is 0 Å². The largest absolute Gasteiger partial charge is 0.463 e. The Morgan fingerprint density at radius 2 is 1.91 bits per heavy atom. The molecule has 1 N–H and O–H groups in total. The number of benzene rings is 1. The fraction of sp³-hybridized carbons (Fsp3) is 0.231. The van der Waals surface area contributed by atoms with Crippen molar-refractivity contribution in [1.29, 1.82) is 0 Å². The number of carbonyl (C=O) groups excluding carboxylic acids is 2. The molecule has 174 valence electrons. The van der Waals surface area contributed by atoms with Crippen LogP contribution >= 0.6 is 22.9 Å². The van der Waals surface area contributed by atoms with E-state index in [2.05, 4.69) is 11.4 Å². The standard InChI is InChI=1S/C26H24ClN3O3S/c1-26(25(32)28-16-18-6-8-19(27)9-7-18)17-29-21(23-5-2-14-33-23)10-11-22(29)24(31)30(26)13-12-20-4-3-15-34-20/h2-11,14-15H,12-13,16-17H2,1H3,(H,28,32)/t26-/m1/s1. The summed E-state index contributed by atoms with van der Waals surface area (Å²) in [5.74, 6) is 0.298. The van der Waals surface area contributed by atoms with Crippen LogP contribution in [0.4, 0.5) is 0 Å². The van der Waals surface area contributed by atoms with Gasteiger partial charge in [-0.25, -0.2) is 0 Å². The van der Waals surface area contributed by atoms with Crippen LogP contribution in [0.2, 0.25) is 5.02 Å². The zero-order valence-electron chi connectivity index (χ0n) is 18.7. The first-order valence-corrected chi connectivity index (χ1v) is 12.3. The molecule has 5 rings (SSSR count). The van der Waals surface area contributed by atoms with Crippen molar-refractivity contribution in [2.45, 2.75) is 32.0 Å². The lowest BCUT2D eigenvalue weighted by atomic mass is 9.94. The minimum atomic E-state index is -1.08. The van der Waals surface area contributed by atoms with Crippen LogP contribution in [0.5, 0.6) is 0 Å². The molecule has 0 spiro atoms. The van der Waals surface area contributed by atoms with Crippen molar-refractivity contribution in [3.8, 4) is 11.5 Å². The lowest BCUT2D eigenvalue weighted by Crippen LogP contribution is -2.64. The van der Waals surface area contributed by atoms with Gasteiger partial charge in [-0.1, -0.05) is 29.8 Å². The first kappa shape index (κ1) is 22.5. The third-order valence-electron chi connectivity index (χ3n) is 6.30. The number of aromatic nitrogens is 1. The second-order valence-corrected chi connectivity index (χ2v) is 10.0. The molecule has 0 aliphatic carbocycles. The van der Waals surface area contributed by atoms with E-state index >= 15 is 0 Å². The fourth-order valence-corrected chi connectivity index (χ4v) is 5.24. The zero-order chi connectivity index (χ0) is 23.7. The maximum Gasteiger partial charge on any atom is 0.271 e. The van der Waals surface area contributed by atoms with Gasteiger partial charge < -0.3 is 19.2 Å². The van der Waals surface area contributed by atoms with Crippen LogP contribution < -0.4 is 5.32 Å². The quantitative estimate of drug-likeness (QED) is 0.383. The summed E-state index contributed by atoms with van der Waals surface area (Å²) in [6.07, 6.45) is 2.29. The minimum absolute atomic E-state index is 0.162. The number of hydrogen-bond acceptors (Lipinski definition) is 4. The second kappa shape index (κ2) is 9.16. The Morgan fingerprint density at radius 3 is 2.62 bits per heavy atom. The third-order valence-corrected chi connectivity index (χ3v) is 7.49. The van der Waals surface area contributed by atoms with Gasteiger partial charge in [0.15, 0.2) is 0 Å². The maximum absolute atomic E-state index is 13.7. The van der Waals surface area contributed by atoms with Crippen LogP contribution in [-0.4, -0.2) is 33.4 Å². The Hall–Kier alpha value is -3.29. The molecule has 4 aromatic rings. The Morgan fingerprint density at radius 1 is 1.12 bits per heavy atom. The smallest absolute Gasteiger partial charge is 0.271 e. The fourth-order valence-electron chi connectivity index (χ4n) is 4.41. The van der Waals surface area contributed by atoms with Crippen molar-refractivity contribution in [2.75, 3.05) is 6.54 Å². The van der Waals surface area contributed by atoms with Crippen LogP contribution in [0, 0.1) is 0 Å². The monoisotopic (exact) mass is 493 g/mol. The van der Waals surface area contributed by atoms with E-state index in [9.17, 15) is 9.59 Å². The third kappa shape index (κ3) is 4.17. The maximum atomic E-state index is 13.7. The van der Waals surface area contributed by atoms with Crippen molar-refractivity contribution >= 4 is 34.8 Å². The molecule has 0 bridgehead atoms.